The number of furan rings is 1. The number of hydrogen-bond acceptors (Lipinski definition) is 5. The van der Waals surface area contributed by atoms with Crippen LogP contribution in [0.4, 0.5) is 0 Å². The van der Waals surface area contributed by atoms with Crippen LogP contribution in [-0.4, -0.2) is 25.9 Å². The highest BCUT2D eigenvalue weighted by atomic mass is 16.3. The molecule has 7 heteroatoms. The molecule has 0 radical (unpaired) electrons. The van der Waals surface area contributed by atoms with Crippen LogP contribution in [0.1, 0.15) is 16.1 Å². The first-order valence-electron chi connectivity index (χ1n) is 8.03. The number of amides is 1. The van der Waals surface area contributed by atoms with Gasteiger partial charge in [-0.25, -0.2) is 0 Å². The summed E-state index contributed by atoms with van der Waals surface area (Å²) in [5.41, 5.74) is 2.77. The molecule has 0 spiro atoms. The molecular weight excluding hydrogens is 330 g/mol. The first-order chi connectivity index (χ1) is 12.8. The number of benzene rings is 1. The second kappa shape index (κ2) is 7.02. The quantitative estimate of drug-likeness (QED) is 0.601. The molecule has 0 aliphatic rings. The fourth-order valence-electron chi connectivity index (χ4n) is 2.49. The maximum absolute atomic E-state index is 12.3. The van der Waals surface area contributed by atoms with Crippen molar-refractivity contribution in [1.29, 1.82) is 0 Å². The number of para-hydroxylation sites is 1. The summed E-state index contributed by atoms with van der Waals surface area (Å²) in [6.07, 6.45) is 6.48. The molecule has 0 unspecified atom stereocenters. The first-order valence-corrected chi connectivity index (χ1v) is 8.03. The van der Waals surface area contributed by atoms with E-state index < -0.39 is 0 Å². The van der Waals surface area contributed by atoms with Crippen molar-refractivity contribution in [3.8, 4) is 17.0 Å². The van der Waals surface area contributed by atoms with Gasteiger partial charge in [-0.05, 0) is 35.9 Å². The third-order valence-corrected chi connectivity index (χ3v) is 3.77. The van der Waals surface area contributed by atoms with Crippen molar-refractivity contribution < 1.29 is 9.21 Å². The van der Waals surface area contributed by atoms with Crippen LogP contribution in [0.2, 0.25) is 0 Å². The summed E-state index contributed by atoms with van der Waals surface area (Å²) in [4.78, 5) is 17.9. The summed E-state index contributed by atoms with van der Waals surface area (Å²) in [6.45, 7) is 0.332. The zero-order chi connectivity index (χ0) is 17.8. The Hall–Kier alpha value is -3.74. The first kappa shape index (κ1) is 15.8. The van der Waals surface area contributed by atoms with E-state index >= 15 is 0 Å². The van der Waals surface area contributed by atoms with E-state index in [9.17, 15) is 4.79 Å². The standard InChI is InChI=1S/C19H15N5O2/c25-19(17-13-22-24(23-17)16-5-2-1-3-6-16)21-11-14-9-15(12-20-10-14)18-7-4-8-26-18/h1-10,12-13H,11H2,(H,21,25). The van der Waals surface area contributed by atoms with Gasteiger partial charge in [-0.2, -0.15) is 9.90 Å². The Morgan fingerprint density at radius 2 is 1.96 bits per heavy atom. The Kier molecular flexibility index (Phi) is 4.26. The van der Waals surface area contributed by atoms with Gasteiger partial charge in [0.25, 0.3) is 5.91 Å². The Labute approximate surface area is 149 Å². The van der Waals surface area contributed by atoms with Crippen LogP contribution in [0.5, 0.6) is 0 Å². The molecule has 1 amide bonds. The van der Waals surface area contributed by atoms with Crippen LogP contribution in [0, 0.1) is 0 Å². The minimum absolute atomic E-state index is 0.254. The highest BCUT2D eigenvalue weighted by Gasteiger charge is 2.11. The average molecular weight is 345 g/mol. The van der Waals surface area contributed by atoms with Crippen molar-refractivity contribution in [3.05, 3.63) is 84.6 Å². The summed E-state index contributed by atoms with van der Waals surface area (Å²) in [5, 5.41) is 11.2. The number of carbonyl (C=O) groups excluding carboxylic acids is 1. The van der Waals surface area contributed by atoms with Crippen molar-refractivity contribution in [2.45, 2.75) is 6.54 Å². The second-order valence-corrected chi connectivity index (χ2v) is 5.60. The van der Waals surface area contributed by atoms with E-state index in [0.717, 1.165) is 22.6 Å². The molecule has 1 N–H and O–H groups in total. The van der Waals surface area contributed by atoms with Gasteiger partial charge in [0.05, 0.1) is 18.1 Å². The van der Waals surface area contributed by atoms with Crippen LogP contribution >= 0.6 is 0 Å². The van der Waals surface area contributed by atoms with Crippen molar-refractivity contribution in [2.75, 3.05) is 0 Å². The number of hydrogen-bond donors (Lipinski definition) is 1. The van der Waals surface area contributed by atoms with E-state index in [1.165, 1.54) is 11.0 Å². The van der Waals surface area contributed by atoms with Crippen LogP contribution < -0.4 is 5.32 Å². The van der Waals surface area contributed by atoms with Gasteiger partial charge in [-0.3, -0.25) is 9.78 Å². The number of nitrogens with zero attached hydrogens (tertiary/aromatic N) is 4. The topological polar surface area (TPSA) is 85.8 Å². The highest BCUT2D eigenvalue weighted by molar-refractivity contribution is 5.91. The zero-order valence-electron chi connectivity index (χ0n) is 13.7. The van der Waals surface area contributed by atoms with Gasteiger partial charge in [-0.15, -0.1) is 5.10 Å². The maximum Gasteiger partial charge on any atom is 0.273 e. The van der Waals surface area contributed by atoms with Gasteiger partial charge in [0.1, 0.15) is 5.76 Å². The van der Waals surface area contributed by atoms with E-state index in [0.29, 0.717) is 6.54 Å². The largest absolute Gasteiger partial charge is 0.464 e. The van der Waals surface area contributed by atoms with E-state index in [4.69, 9.17) is 4.42 Å². The van der Waals surface area contributed by atoms with Crippen molar-refractivity contribution >= 4 is 5.91 Å². The molecule has 4 aromatic rings. The molecule has 0 aliphatic carbocycles. The maximum atomic E-state index is 12.3. The lowest BCUT2D eigenvalue weighted by Crippen LogP contribution is -2.23. The number of nitrogens with one attached hydrogen (secondary N) is 1. The van der Waals surface area contributed by atoms with Crippen LogP contribution in [0.15, 0.2) is 77.8 Å². The van der Waals surface area contributed by atoms with Gasteiger partial charge >= 0.3 is 0 Å². The Morgan fingerprint density at radius 1 is 1.08 bits per heavy atom. The van der Waals surface area contributed by atoms with E-state index in [-0.39, 0.29) is 11.6 Å². The number of carbonyl (C=O) groups is 1. The smallest absolute Gasteiger partial charge is 0.273 e. The van der Waals surface area contributed by atoms with Gasteiger partial charge < -0.3 is 9.73 Å². The Morgan fingerprint density at radius 3 is 2.77 bits per heavy atom. The predicted molar refractivity (Wildman–Crippen MR) is 94.5 cm³/mol. The molecule has 0 saturated carbocycles. The summed E-state index contributed by atoms with van der Waals surface area (Å²) in [5.74, 6) is 0.437. The summed E-state index contributed by atoms with van der Waals surface area (Å²) in [6, 6.07) is 15.0. The van der Waals surface area contributed by atoms with Crippen LogP contribution in [0.25, 0.3) is 17.0 Å². The van der Waals surface area contributed by atoms with Crippen LogP contribution in [-0.2, 0) is 6.54 Å². The summed E-state index contributed by atoms with van der Waals surface area (Å²) in [7, 11) is 0. The van der Waals surface area contributed by atoms with Crippen molar-refractivity contribution in [3.63, 3.8) is 0 Å². The number of rotatable bonds is 5. The molecule has 0 bridgehead atoms. The fourth-order valence-corrected chi connectivity index (χ4v) is 2.49. The van der Waals surface area contributed by atoms with E-state index in [1.54, 1.807) is 18.7 Å². The molecule has 4 rings (SSSR count). The zero-order valence-corrected chi connectivity index (χ0v) is 13.7. The summed E-state index contributed by atoms with van der Waals surface area (Å²) >= 11 is 0. The monoisotopic (exact) mass is 345 g/mol. The lowest BCUT2D eigenvalue weighted by atomic mass is 10.1. The molecule has 3 aromatic heterocycles. The van der Waals surface area contributed by atoms with Gasteiger partial charge in [0.15, 0.2) is 5.69 Å². The third kappa shape index (κ3) is 3.36. The van der Waals surface area contributed by atoms with Crippen molar-refractivity contribution in [1.82, 2.24) is 25.3 Å². The SMILES string of the molecule is O=C(NCc1cncc(-c2ccco2)c1)c1cnn(-c2ccccc2)n1. The normalized spacial score (nSPS) is 10.6. The average Bonchev–Trinajstić information content (AvgIpc) is 3.39. The summed E-state index contributed by atoms with van der Waals surface area (Å²) < 4.78 is 5.37. The number of aromatic nitrogens is 4. The molecule has 1 aromatic carbocycles. The fraction of sp³-hybridized carbons (Fsp3) is 0.0526. The molecule has 26 heavy (non-hydrogen) atoms. The minimum Gasteiger partial charge on any atom is -0.464 e. The predicted octanol–water partition coefficient (Wildman–Crippen LogP) is 2.85. The molecule has 0 atom stereocenters. The molecular formula is C19H15N5O2. The van der Waals surface area contributed by atoms with Gasteiger partial charge in [0, 0.05) is 24.5 Å². The molecule has 0 fully saturated rings. The lowest BCUT2D eigenvalue weighted by Gasteiger charge is -2.04. The molecule has 7 nitrogen and oxygen atoms in total. The van der Waals surface area contributed by atoms with Gasteiger partial charge in [0.2, 0.25) is 0 Å². The molecule has 0 saturated heterocycles. The van der Waals surface area contributed by atoms with Gasteiger partial charge in [-0.1, -0.05) is 18.2 Å². The minimum atomic E-state index is -0.296. The van der Waals surface area contributed by atoms with Crippen molar-refractivity contribution in [2.24, 2.45) is 0 Å². The number of pyridine rings is 1. The van der Waals surface area contributed by atoms with Crippen LogP contribution in [0.3, 0.4) is 0 Å². The molecule has 3 heterocycles. The Balaban J connectivity index is 1.43. The molecule has 0 aliphatic heterocycles. The molecule has 128 valence electrons. The van der Waals surface area contributed by atoms with E-state index in [1.807, 2.05) is 48.5 Å². The van der Waals surface area contributed by atoms with E-state index in [2.05, 4.69) is 20.5 Å². The third-order valence-electron chi connectivity index (χ3n) is 3.77. The Bertz CT molecular complexity index is 1010. The highest BCUT2D eigenvalue weighted by Crippen LogP contribution is 2.19. The lowest BCUT2D eigenvalue weighted by molar-refractivity contribution is 0.0945. The second-order valence-electron chi connectivity index (χ2n) is 5.60.